The van der Waals surface area contributed by atoms with Crippen molar-refractivity contribution in [3.63, 3.8) is 0 Å². The molecule has 0 spiro atoms. The first-order chi connectivity index (χ1) is 23.5. The second-order valence-corrected chi connectivity index (χ2v) is 13.1. The first-order valence-corrected chi connectivity index (χ1v) is 16.3. The van der Waals surface area contributed by atoms with Gasteiger partial charge in [0.1, 0.15) is 23.5 Å². The largest absolute Gasteiger partial charge is 0.488 e. The maximum absolute atomic E-state index is 6.58. The normalized spacial score (nSPS) is 13.9. The fourth-order valence-corrected chi connectivity index (χ4v) is 7.81. The van der Waals surface area contributed by atoms with Crippen molar-refractivity contribution in [2.75, 3.05) is 0 Å². The van der Waals surface area contributed by atoms with Crippen LogP contribution in [0.25, 0.3) is 78.4 Å². The summed E-state index contributed by atoms with van der Waals surface area (Å²) >= 11 is 0. The smallest absolute Gasteiger partial charge is 0.164 e. The van der Waals surface area contributed by atoms with Gasteiger partial charge in [-0.15, -0.1) is 0 Å². The highest BCUT2D eigenvalue weighted by atomic mass is 16.5. The number of para-hydroxylation sites is 1. The number of benzene rings is 6. The third kappa shape index (κ3) is 3.88. The highest BCUT2D eigenvalue weighted by Crippen LogP contribution is 2.55. The predicted molar refractivity (Wildman–Crippen MR) is 191 cm³/mol. The molecule has 10 rings (SSSR count). The standard InChI is InChI=1S/C43H29N3O2/c1-43(2)37-30(31-20-21-32-29-15-8-9-18-36(29)48-39(32)38(31)43)16-10-17-33(37)42-45-40(25-11-4-3-5-12-25)44-41(46-42)26-19-22-35-34(23-26)28-14-7-6-13-27(28)24-47-35/h3-23H,24H2,1-2H3. The van der Waals surface area contributed by atoms with Crippen LogP contribution >= 0.6 is 0 Å². The molecule has 6 aromatic carbocycles. The lowest BCUT2D eigenvalue weighted by Crippen LogP contribution is -2.17. The molecule has 3 heterocycles. The number of furan rings is 1. The molecule has 228 valence electrons. The molecule has 1 aliphatic heterocycles. The summed E-state index contributed by atoms with van der Waals surface area (Å²) in [6, 6.07) is 44.0. The van der Waals surface area contributed by atoms with Crippen molar-refractivity contribution in [1.82, 2.24) is 15.0 Å². The molecule has 0 bridgehead atoms. The number of rotatable bonds is 3. The van der Waals surface area contributed by atoms with Gasteiger partial charge in [-0.25, -0.2) is 15.0 Å². The zero-order valence-corrected chi connectivity index (χ0v) is 26.5. The quantitative estimate of drug-likeness (QED) is 0.197. The SMILES string of the molecule is CC1(C)c2c(-c3nc(-c4ccccc4)nc(-c4ccc5c(c4)-c4ccccc4CO5)n3)cccc2-c2ccc3c(oc4ccccc43)c21. The van der Waals surface area contributed by atoms with Gasteiger partial charge < -0.3 is 9.15 Å². The second kappa shape index (κ2) is 9.96. The number of aromatic nitrogens is 3. The summed E-state index contributed by atoms with van der Waals surface area (Å²) in [4.78, 5) is 15.4. The molecule has 0 radical (unpaired) electrons. The van der Waals surface area contributed by atoms with Crippen molar-refractivity contribution < 1.29 is 9.15 Å². The second-order valence-electron chi connectivity index (χ2n) is 13.1. The topological polar surface area (TPSA) is 61.0 Å². The highest BCUT2D eigenvalue weighted by Gasteiger charge is 2.41. The van der Waals surface area contributed by atoms with Crippen LogP contribution in [0.1, 0.15) is 30.5 Å². The Bertz CT molecular complexity index is 2600. The van der Waals surface area contributed by atoms with Gasteiger partial charge in [0.05, 0.1) is 0 Å². The zero-order chi connectivity index (χ0) is 32.0. The molecule has 0 N–H and O–H groups in total. The molecule has 5 nitrogen and oxygen atoms in total. The van der Waals surface area contributed by atoms with Crippen LogP contribution in [0, 0.1) is 0 Å². The van der Waals surface area contributed by atoms with Crippen molar-refractivity contribution in [2.45, 2.75) is 25.9 Å². The number of hydrogen-bond donors (Lipinski definition) is 0. The van der Waals surface area contributed by atoms with Crippen LogP contribution in [0.5, 0.6) is 5.75 Å². The average Bonchev–Trinajstić information content (AvgIpc) is 3.63. The van der Waals surface area contributed by atoms with E-state index in [4.69, 9.17) is 24.1 Å². The molecule has 0 atom stereocenters. The molecular formula is C43H29N3O2. The average molecular weight is 620 g/mol. The molecule has 0 unspecified atom stereocenters. The Balaban J connectivity index is 1.19. The Morgan fingerprint density at radius 2 is 1.23 bits per heavy atom. The molecule has 2 aliphatic rings. The van der Waals surface area contributed by atoms with Gasteiger partial charge in [-0.05, 0) is 58.1 Å². The Hall–Kier alpha value is -6.07. The fraction of sp³-hybridized carbons (Fsp3) is 0.0930. The molecule has 48 heavy (non-hydrogen) atoms. The van der Waals surface area contributed by atoms with Gasteiger partial charge in [-0.3, -0.25) is 0 Å². The Kier molecular flexibility index (Phi) is 5.62. The van der Waals surface area contributed by atoms with E-state index >= 15 is 0 Å². The van der Waals surface area contributed by atoms with Gasteiger partial charge in [0.2, 0.25) is 0 Å². The van der Waals surface area contributed by atoms with Gasteiger partial charge >= 0.3 is 0 Å². The van der Waals surface area contributed by atoms with E-state index in [1.165, 1.54) is 33.4 Å². The summed E-state index contributed by atoms with van der Waals surface area (Å²) in [7, 11) is 0. The van der Waals surface area contributed by atoms with Crippen molar-refractivity contribution in [3.8, 4) is 62.2 Å². The van der Waals surface area contributed by atoms with Gasteiger partial charge in [-0.2, -0.15) is 0 Å². The molecule has 8 aromatic rings. The van der Waals surface area contributed by atoms with Crippen LogP contribution in [0.3, 0.4) is 0 Å². The molecule has 0 amide bonds. The number of nitrogens with zero attached hydrogens (tertiary/aromatic N) is 3. The molecular weight excluding hydrogens is 590 g/mol. The van der Waals surface area contributed by atoms with Crippen molar-refractivity contribution in [1.29, 1.82) is 0 Å². The number of fused-ring (bicyclic) bond motifs is 10. The number of hydrogen-bond acceptors (Lipinski definition) is 5. The first kappa shape index (κ1) is 27.1. The Labute approximate surface area is 277 Å². The van der Waals surface area contributed by atoms with Gasteiger partial charge in [0.25, 0.3) is 0 Å². The molecule has 5 heteroatoms. The van der Waals surface area contributed by atoms with Crippen molar-refractivity contribution in [2.24, 2.45) is 0 Å². The minimum absolute atomic E-state index is 0.374. The van der Waals surface area contributed by atoms with Crippen LogP contribution in [-0.4, -0.2) is 15.0 Å². The van der Waals surface area contributed by atoms with Gasteiger partial charge in [0, 0.05) is 44.0 Å². The predicted octanol–water partition coefficient (Wildman–Crippen LogP) is 10.6. The van der Waals surface area contributed by atoms with E-state index in [9.17, 15) is 0 Å². The van der Waals surface area contributed by atoms with Crippen LogP contribution in [0.2, 0.25) is 0 Å². The maximum Gasteiger partial charge on any atom is 0.164 e. The Morgan fingerprint density at radius 1 is 0.521 bits per heavy atom. The minimum Gasteiger partial charge on any atom is -0.488 e. The van der Waals surface area contributed by atoms with E-state index in [1.807, 2.05) is 54.6 Å². The molecule has 0 saturated carbocycles. The third-order valence-corrected chi connectivity index (χ3v) is 9.99. The maximum atomic E-state index is 6.58. The molecule has 1 aliphatic carbocycles. The zero-order valence-electron chi connectivity index (χ0n) is 26.5. The number of ether oxygens (including phenoxy) is 1. The van der Waals surface area contributed by atoms with E-state index in [0.717, 1.165) is 49.9 Å². The summed E-state index contributed by atoms with van der Waals surface area (Å²) in [5.41, 5.74) is 12.5. The van der Waals surface area contributed by atoms with E-state index in [-0.39, 0.29) is 5.41 Å². The summed E-state index contributed by atoms with van der Waals surface area (Å²) in [5.74, 6) is 2.77. The highest BCUT2D eigenvalue weighted by molar-refractivity contribution is 6.09. The minimum atomic E-state index is -0.374. The monoisotopic (exact) mass is 619 g/mol. The lowest BCUT2D eigenvalue weighted by molar-refractivity contribution is 0.302. The Morgan fingerprint density at radius 3 is 2.12 bits per heavy atom. The van der Waals surface area contributed by atoms with Crippen LogP contribution in [0.15, 0.2) is 132 Å². The summed E-state index contributed by atoms with van der Waals surface area (Å²) in [5, 5.41) is 2.27. The van der Waals surface area contributed by atoms with Crippen LogP contribution < -0.4 is 4.74 Å². The van der Waals surface area contributed by atoms with Crippen molar-refractivity contribution in [3.05, 3.63) is 144 Å². The van der Waals surface area contributed by atoms with E-state index in [2.05, 4.69) is 86.6 Å². The fourth-order valence-electron chi connectivity index (χ4n) is 7.81. The summed E-state index contributed by atoms with van der Waals surface area (Å²) < 4.78 is 12.7. The van der Waals surface area contributed by atoms with E-state index < -0.39 is 0 Å². The van der Waals surface area contributed by atoms with Crippen LogP contribution in [-0.2, 0) is 12.0 Å². The van der Waals surface area contributed by atoms with Crippen molar-refractivity contribution >= 4 is 21.9 Å². The van der Waals surface area contributed by atoms with E-state index in [1.54, 1.807) is 0 Å². The lowest BCUT2D eigenvalue weighted by atomic mass is 9.79. The van der Waals surface area contributed by atoms with Crippen LogP contribution in [0.4, 0.5) is 0 Å². The first-order valence-electron chi connectivity index (χ1n) is 16.3. The molecule has 2 aromatic heterocycles. The summed E-state index contributed by atoms with van der Waals surface area (Å²) in [6.07, 6.45) is 0. The molecule has 0 fully saturated rings. The third-order valence-electron chi connectivity index (χ3n) is 9.99. The summed E-state index contributed by atoms with van der Waals surface area (Å²) in [6.45, 7) is 5.14. The van der Waals surface area contributed by atoms with E-state index in [0.29, 0.717) is 24.1 Å². The van der Waals surface area contributed by atoms with Gasteiger partial charge in [0.15, 0.2) is 17.5 Å². The molecule has 0 saturated heterocycles. The lowest BCUT2D eigenvalue weighted by Gasteiger charge is -2.24. The van der Waals surface area contributed by atoms with Gasteiger partial charge in [-0.1, -0.05) is 111 Å².